The maximum Gasteiger partial charge on any atom is 0.253 e. The van der Waals surface area contributed by atoms with Gasteiger partial charge in [-0.3, -0.25) is 9.59 Å². The van der Waals surface area contributed by atoms with Crippen LogP contribution in [0.1, 0.15) is 33.1 Å². The van der Waals surface area contributed by atoms with Crippen LogP contribution in [-0.4, -0.2) is 47.8 Å². The van der Waals surface area contributed by atoms with Crippen LogP contribution in [0.5, 0.6) is 0 Å². The van der Waals surface area contributed by atoms with E-state index in [4.69, 9.17) is 5.73 Å². The van der Waals surface area contributed by atoms with Crippen molar-refractivity contribution in [2.24, 2.45) is 5.73 Å². The first kappa shape index (κ1) is 20.9. The molecule has 2 aromatic carbocycles. The molecule has 1 aliphatic rings. The molecule has 1 atom stereocenters. The highest BCUT2D eigenvalue weighted by Gasteiger charge is 2.28. The van der Waals surface area contributed by atoms with Crippen LogP contribution in [0.3, 0.4) is 0 Å². The van der Waals surface area contributed by atoms with Gasteiger partial charge in [-0.05, 0) is 31.5 Å². The molecule has 2 N–H and O–H groups in total. The predicted octanol–water partition coefficient (Wildman–Crippen LogP) is 2.71. The zero-order valence-electron chi connectivity index (χ0n) is 15.7. The van der Waals surface area contributed by atoms with Crippen molar-refractivity contribution in [3.63, 3.8) is 0 Å². The number of amides is 2. The number of benzene rings is 2. The Kier molecular flexibility index (Phi) is 6.99. The van der Waals surface area contributed by atoms with E-state index >= 15 is 0 Å². The van der Waals surface area contributed by atoms with Crippen molar-refractivity contribution in [3.8, 4) is 0 Å². The van der Waals surface area contributed by atoms with E-state index in [-0.39, 0.29) is 24.2 Å². The number of nitrogens with two attached hydrogens (primary N) is 1. The molecule has 0 aliphatic carbocycles. The number of rotatable bonds is 3. The molecule has 3 rings (SSSR count). The SMILES string of the molecule is Cc1ccc(C(=O)N2CCN(C(=O)C(N)c3ccc(C)cc3)CC2)cc1.Cl. The summed E-state index contributed by atoms with van der Waals surface area (Å²) < 4.78 is 0. The Morgan fingerprint density at radius 1 is 0.815 bits per heavy atom. The van der Waals surface area contributed by atoms with Crippen LogP contribution < -0.4 is 5.73 Å². The molecule has 144 valence electrons. The van der Waals surface area contributed by atoms with Gasteiger partial charge in [0.2, 0.25) is 5.91 Å². The number of piperazine rings is 1. The van der Waals surface area contributed by atoms with Crippen LogP contribution in [-0.2, 0) is 4.79 Å². The summed E-state index contributed by atoms with van der Waals surface area (Å²) in [5.41, 5.74) is 9.92. The van der Waals surface area contributed by atoms with Gasteiger partial charge in [-0.1, -0.05) is 47.5 Å². The average Bonchev–Trinajstić information content (AvgIpc) is 2.67. The topological polar surface area (TPSA) is 66.6 Å². The molecule has 1 unspecified atom stereocenters. The van der Waals surface area contributed by atoms with E-state index in [2.05, 4.69) is 0 Å². The van der Waals surface area contributed by atoms with Crippen molar-refractivity contribution in [2.75, 3.05) is 26.2 Å². The Labute approximate surface area is 166 Å². The third-order valence-corrected chi connectivity index (χ3v) is 4.88. The standard InChI is InChI=1S/C21H25N3O2.ClH/c1-15-3-7-17(8-4-15)19(22)21(26)24-13-11-23(12-14-24)20(25)18-9-5-16(2)6-10-18;/h3-10,19H,11-14,22H2,1-2H3;1H. The van der Waals surface area contributed by atoms with Gasteiger partial charge in [0.25, 0.3) is 5.91 Å². The highest BCUT2D eigenvalue weighted by Crippen LogP contribution is 2.16. The predicted molar refractivity (Wildman–Crippen MR) is 109 cm³/mol. The molecule has 0 aromatic heterocycles. The van der Waals surface area contributed by atoms with Crippen molar-refractivity contribution in [1.82, 2.24) is 9.80 Å². The van der Waals surface area contributed by atoms with E-state index in [1.165, 1.54) is 0 Å². The molecule has 1 fully saturated rings. The summed E-state index contributed by atoms with van der Waals surface area (Å²) in [6, 6.07) is 14.6. The normalized spacial score (nSPS) is 15.1. The van der Waals surface area contributed by atoms with E-state index in [0.29, 0.717) is 31.7 Å². The lowest BCUT2D eigenvalue weighted by molar-refractivity contribution is -0.134. The highest BCUT2D eigenvalue weighted by atomic mass is 35.5. The molecule has 0 spiro atoms. The summed E-state index contributed by atoms with van der Waals surface area (Å²) in [4.78, 5) is 28.8. The maximum absolute atomic E-state index is 12.7. The Balaban J connectivity index is 0.00000261. The fourth-order valence-corrected chi connectivity index (χ4v) is 3.12. The van der Waals surface area contributed by atoms with Crippen molar-refractivity contribution < 1.29 is 9.59 Å². The van der Waals surface area contributed by atoms with Gasteiger partial charge in [-0.2, -0.15) is 0 Å². The van der Waals surface area contributed by atoms with Crippen LogP contribution in [0.4, 0.5) is 0 Å². The summed E-state index contributed by atoms with van der Waals surface area (Å²) in [6.07, 6.45) is 0. The van der Waals surface area contributed by atoms with Crippen molar-refractivity contribution >= 4 is 24.2 Å². The summed E-state index contributed by atoms with van der Waals surface area (Å²) in [6.45, 7) is 6.07. The van der Waals surface area contributed by atoms with Gasteiger partial charge in [0, 0.05) is 31.7 Å². The second kappa shape index (κ2) is 9.02. The Bertz CT molecular complexity index is 782. The third kappa shape index (κ3) is 4.87. The fraction of sp³-hybridized carbons (Fsp3) is 0.333. The second-order valence-electron chi connectivity index (χ2n) is 6.87. The molecule has 6 heteroatoms. The lowest BCUT2D eigenvalue weighted by atomic mass is 10.0. The summed E-state index contributed by atoms with van der Waals surface area (Å²) >= 11 is 0. The molecule has 1 saturated heterocycles. The van der Waals surface area contributed by atoms with Crippen LogP contribution in [0.15, 0.2) is 48.5 Å². The smallest absolute Gasteiger partial charge is 0.253 e. The van der Waals surface area contributed by atoms with Gasteiger partial charge in [0.1, 0.15) is 6.04 Å². The third-order valence-electron chi connectivity index (χ3n) is 4.88. The number of aryl methyl sites for hydroxylation is 2. The average molecular weight is 388 g/mol. The van der Waals surface area contributed by atoms with Gasteiger partial charge in [0.05, 0.1) is 0 Å². The summed E-state index contributed by atoms with van der Waals surface area (Å²) in [5.74, 6) is -0.0729. The molecule has 2 amide bonds. The van der Waals surface area contributed by atoms with E-state index < -0.39 is 6.04 Å². The molecule has 0 bridgehead atoms. The van der Waals surface area contributed by atoms with Gasteiger partial charge >= 0.3 is 0 Å². The van der Waals surface area contributed by atoms with Crippen LogP contribution in [0.25, 0.3) is 0 Å². The number of hydrogen-bond donors (Lipinski definition) is 1. The van der Waals surface area contributed by atoms with Crippen LogP contribution in [0, 0.1) is 13.8 Å². The molecule has 0 radical (unpaired) electrons. The first-order valence-electron chi connectivity index (χ1n) is 8.92. The number of carbonyl (C=O) groups is 2. The quantitative estimate of drug-likeness (QED) is 0.880. The second-order valence-corrected chi connectivity index (χ2v) is 6.87. The van der Waals surface area contributed by atoms with Crippen molar-refractivity contribution in [1.29, 1.82) is 0 Å². The molecule has 5 nitrogen and oxygen atoms in total. The van der Waals surface area contributed by atoms with Crippen molar-refractivity contribution in [2.45, 2.75) is 19.9 Å². The van der Waals surface area contributed by atoms with Gasteiger partial charge in [0.15, 0.2) is 0 Å². The van der Waals surface area contributed by atoms with Gasteiger partial charge < -0.3 is 15.5 Å². The molecule has 0 saturated carbocycles. The van der Waals surface area contributed by atoms with E-state index in [1.807, 2.05) is 62.4 Å². The van der Waals surface area contributed by atoms with E-state index in [0.717, 1.165) is 16.7 Å². The molecular weight excluding hydrogens is 362 g/mol. The zero-order chi connectivity index (χ0) is 18.7. The van der Waals surface area contributed by atoms with Crippen LogP contribution in [0.2, 0.25) is 0 Å². The molecule has 1 heterocycles. The fourth-order valence-electron chi connectivity index (χ4n) is 3.12. The first-order chi connectivity index (χ1) is 12.5. The van der Waals surface area contributed by atoms with Gasteiger partial charge in [-0.25, -0.2) is 0 Å². The monoisotopic (exact) mass is 387 g/mol. The number of halogens is 1. The minimum Gasteiger partial charge on any atom is -0.337 e. The maximum atomic E-state index is 12.7. The highest BCUT2D eigenvalue weighted by molar-refractivity contribution is 5.94. The van der Waals surface area contributed by atoms with E-state index in [9.17, 15) is 9.59 Å². The van der Waals surface area contributed by atoms with E-state index in [1.54, 1.807) is 9.80 Å². The number of carbonyl (C=O) groups excluding carboxylic acids is 2. The molecule has 2 aromatic rings. The lowest BCUT2D eigenvalue weighted by Crippen LogP contribution is -2.52. The minimum atomic E-state index is -0.657. The Morgan fingerprint density at radius 2 is 1.26 bits per heavy atom. The molecule has 27 heavy (non-hydrogen) atoms. The zero-order valence-corrected chi connectivity index (χ0v) is 16.5. The number of hydrogen-bond acceptors (Lipinski definition) is 3. The minimum absolute atomic E-state index is 0. The van der Waals surface area contributed by atoms with Gasteiger partial charge in [-0.15, -0.1) is 12.4 Å². The first-order valence-corrected chi connectivity index (χ1v) is 8.92. The van der Waals surface area contributed by atoms with Crippen LogP contribution >= 0.6 is 12.4 Å². The summed E-state index contributed by atoms with van der Waals surface area (Å²) in [7, 11) is 0. The Hall–Kier alpha value is -2.37. The largest absolute Gasteiger partial charge is 0.337 e. The van der Waals surface area contributed by atoms with Crippen molar-refractivity contribution in [3.05, 3.63) is 70.8 Å². The number of nitrogens with zero attached hydrogens (tertiary/aromatic N) is 2. The molecule has 1 aliphatic heterocycles. The molecular formula is C21H26ClN3O2. The summed E-state index contributed by atoms with van der Waals surface area (Å²) in [5, 5.41) is 0. The Morgan fingerprint density at radius 3 is 1.78 bits per heavy atom. The lowest BCUT2D eigenvalue weighted by Gasteiger charge is -2.36.